The molecule has 0 N–H and O–H groups in total. The minimum atomic E-state index is 0.0539. The molecule has 0 heterocycles. The van der Waals surface area contributed by atoms with Gasteiger partial charge in [0.05, 0.1) is 0 Å². The molecule has 0 saturated heterocycles. The molecule has 2 nitrogen and oxygen atoms in total. The number of carbonyl (C=O) groups excluding carboxylic acids is 1. The Balaban J connectivity index is 1.80. The first-order valence-electron chi connectivity index (χ1n) is 8.38. The van der Waals surface area contributed by atoms with Crippen molar-refractivity contribution in [3.8, 4) is 0 Å². The number of amides is 1. The Morgan fingerprint density at radius 3 is 2.29 bits per heavy atom. The van der Waals surface area contributed by atoms with Crippen LogP contribution in [0.2, 0.25) is 0 Å². The zero-order valence-corrected chi connectivity index (χ0v) is 14.5. The molecule has 0 unspecified atom stereocenters. The van der Waals surface area contributed by atoms with Gasteiger partial charge in [0.15, 0.2) is 0 Å². The van der Waals surface area contributed by atoms with E-state index in [9.17, 15) is 4.79 Å². The summed E-state index contributed by atoms with van der Waals surface area (Å²) in [5.74, 6) is 0.529. The third-order valence-electron chi connectivity index (χ3n) is 4.46. The molecule has 3 rings (SSSR count). The zero-order valence-electron chi connectivity index (χ0n) is 14.5. The summed E-state index contributed by atoms with van der Waals surface area (Å²) in [5, 5.41) is 2.41. The van der Waals surface area contributed by atoms with Gasteiger partial charge in [0.25, 0.3) is 5.91 Å². The molecule has 1 amide bonds. The van der Waals surface area contributed by atoms with Gasteiger partial charge in [-0.05, 0) is 39.9 Å². The van der Waals surface area contributed by atoms with E-state index in [-0.39, 0.29) is 5.91 Å². The van der Waals surface area contributed by atoms with E-state index in [4.69, 9.17) is 0 Å². The Kier molecular flexibility index (Phi) is 4.66. The highest BCUT2D eigenvalue weighted by molar-refractivity contribution is 5.94. The van der Waals surface area contributed by atoms with Crippen molar-refractivity contribution < 1.29 is 4.79 Å². The molecular formula is C22H23NO. The largest absolute Gasteiger partial charge is 0.337 e. The second-order valence-electron chi connectivity index (χ2n) is 6.58. The molecule has 0 spiro atoms. The Morgan fingerprint density at radius 1 is 0.917 bits per heavy atom. The first-order valence-corrected chi connectivity index (χ1v) is 8.38. The molecule has 0 saturated carbocycles. The highest BCUT2D eigenvalue weighted by Crippen LogP contribution is 2.21. The SMILES string of the molecule is CC(C)c1ccc(C(=O)N(C)Cc2cccc3ccccc23)cc1. The highest BCUT2D eigenvalue weighted by atomic mass is 16.2. The standard InChI is InChI=1S/C22H23NO/c1-16(2)17-11-13-19(14-12-17)22(24)23(3)15-20-9-6-8-18-7-4-5-10-21(18)20/h4-14,16H,15H2,1-3H3. The summed E-state index contributed by atoms with van der Waals surface area (Å²) in [4.78, 5) is 14.5. The lowest BCUT2D eigenvalue weighted by Gasteiger charge is -2.19. The lowest BCUT2D eigenvalue weighted by molar-refractivity contribution is 0.0785. The lowest BCUT2D eigenvalue weighted by atomic mass is 10.0. The highest BCUT2D eigenvalue weighted by Gasteiger charge is 2.13. The molecule has 122 valence electrons. The van der Waals surface area contributed by atoms with Crippen molar-refractivity contribution in [2.24, 2.45) is 0 Å². The maximum Gasteiger partial charge on any atom is 0.253 e. The quantitative estimate of drug-likeness (QED) is 0.645. The van der Waals surface area contributed by atoms with Gasteiger partial charge < -0.3 is 4.90 Å². The van der Waals surface area contributed by atoms with Crippen LogP contribution in [0.15, 0.2) is 66.7 Å². The maximum atomic E-state index is 12.7. The Bertz CT molecular complexity index is 844. The summed E-state index contributed by atoms with van der Waals surface area (Å²) in [7, 11) is 1.86. The summed E-state index contributed by atoms with van der Waals surface area (Å²) in [5.41, 5.74) is 3.16. The van der Waals surface area contributed by atoms with Crippen LogP contribution in [0.4, 0.5) is 0 Å². The first kappa shape index (κ1) is 16.3. The molecule has 0 aliphatic carbocycles. The number of rotatable bonds is 4. The van der Waals surface area contributed by atoms with Gasteiger partial charge in [0.2, 0.25) is 0 Å². The molecule has 0 bridgehead atoms. The van der Waals surface area contributed by atoms with Crippen molar-refractivity contribution in [1.29, 1.82) is 0 Å². The number of hydrogen-bond donors (Lipinski definition) is 0. The van der Waals surface area contributed by atoms with Gasteiger partial charge in [-0.25, -0.2) is 0 Å². The number of carbonyl (C=O) groups is 1. The van der Waals surface area contributed by atoms with E-state index in [1.165, 1.54) is 21.9 Å². The fourth-order valence-corrected chi connectivity index (χ4v) is 2.99. The van der Waals surface area contributed by atoms with Gasteiger partial charge in [-0.1, -0.05) is 68.4 Å². The van der Waals surface area contributed by atoms with Gasteiger partial charge in [-0.2, -0.15) is 0 Å². The van der Waals surface area contributed by atoms with Gasteiger partial charge >= 0.3 is 0 Å². The van der Waals surface area contributed by atoms with Gasteiger partial charge in [-0.3, -0.25) is 4.79 Å². The van der Waals surface area contributed by atoms with Crippen LogP contribution in [-0.2, 0) is 6.54 Å². The van der Waals surface area contributed by atoms with E-state index in [1.807, 2.05) is 49.5 Å². The molecule has 0 fully saturated rings. The fraction of sp³-hybridized carbons (Fsp3) is 0.227. The van der Waals surface area contributed by atoms with Crippen LogP contribution in [0, 0.1) is 0 Å². The predicted molar refractivity (Wildman–Crippen MR) is 100 cm³/mol. The maximum absolute atomic E-state index is 12.7. The Labute approximate surface area is 143 Å². The zero-order chi connectivity index (χ0) is 17.1. The third kappa shape index (κ3) is 3.33. The molecule has 3 aromatic rings. The third-order valence-corrected chi connectivity index (χ3v) is 4.46. The molecule has 0 atom stereocenters. The average Bonchev–Trinajstić information content (AvgIpc) is 2.61. The van der Waals surface area contributed by atoms with Crippen LogP contribution in [0.25, 0.3) is 10.8 Å². The van der Waals surface area contributed by atoms with Crippen LogP contribution in [0.5, 0.6) is 0 Å². The van der Waals surface area contributed by atoms with E-state index >= 15 is 0 Å². The van der Waals surface area contributed by atoms with E-state index in [0.29, 0.717) is 12.5 Å². The van der Waals surface area contributed by atoms with E-state index < -0.39 is 0 Å². The number of benzene rings is 3. The van der Waals surface area contributed by atoms with Crippen LogP contribution in [0.3, 0.4) is 0 Å². The average molecular weight is 317 g/mol. The summed E-state index contributed by atoms with van der Waals surface area (Å²) < 4.78 is 0. The molecule has 0 aliphatic heterocycles. The van der Waals surface area contributed by atoms with Crippen molar-refractivity contribution in [2.75, 3.05) is 7.05 Å². The minimum Gasteiger partial charge on any atom is -0.337 e. The predicted octanol–water partition coefficient (Wildman–Crippen LogP) is 5.24. The molecule has 3 aromatic carbocycles. The Morgan fingerprint density at radius 2 is 1.58 bits per heavy atom. The van der Waals surface area contributed by atoms with E-state index in [2.05, 4.69) is 38.1 Å². The van der Waals surface area contributed by atoms with Crippen LogP contribution in [-0.4, -0.2) is 17.9 Å². The van der Waals surface area contributed by atoms with Gasteiger partial charge in [0.1, 0.15) is 0 Å². The fourth-order valence-electron chi connectivity index (χ4n) is 2.99. The molecular weight excluding hydrogens is 294 g/mol. The second kappa shape index (κ2) is 6.88. The molecule has 0 aliphatic rings. The normalized spacial score (nSPS) is 11.0. The van der Waals surface area contributed by atoms with Crippen molar-refractivity contribution in [2.45, 2.75) is 26.3 Å². The molecule has 0 aromatic heterocycles. The summed E-state index contributed by atoms with van der Waals surface area (Å²) in [6.45, 7) is 4.92. The van der Waals surface area contributed by atoms with Crippen molar-refractivity contribution in [1.82, 2.24) is 4.90 Å². The van der Waals surface area contributed by atoms with E-state index in [0.717, 1.165) is 5.56 Å². The molecule has 0 radical (unpaired) electrons. The van der Waals surface area contributed by atoms with Gasteiger partial charge in [0, 0.05) is 19.2 Å². The molecule has 2 heteroatoms. The molecule has 24 heavy (non-hydrogen) atoms. The smallest absolute Gasteiger partial charge is 0.253 e. The monoisotopic (exact) mass is 317 g/mol. The number of fused-ring (bicyclic) bond motifs is 1. The van der Waals surface area contributed by atoms with Crippen molar-refractivity contribution in [3.63, 3.8) is 0 Å². The van der Waals surface area contributed by atoms with Crippen LogP contribution >= 0.6 is 0 Å². The number of nitrogens with zero attached hydrogens (tertiary/aromatic N) is 1. The first-order chi connectivity index (χ1) is 11.6. The Hall–Kier alpha value is -2.61. The van der Waals surface area contributed by atoms with Crippen LogP contribution < -0.4 is 0 Å². The van der Waals surface area contributed by atoms with Crippen molar-refractivity contribution >= 4 is 16.7 Å². The summed E-state index contributed by atoms with van der Waals surface area (Å²) in [6, 6.07) is 22.5. The topological polar surface area (TPSA) is 20.3 Å². The van der Waals surface area contributed by atoms with E-state index in [1.54, 1.807) is 4.90 Å². The minimum absolute atomic E-state index is 0.0539. The number of hydrogen-bond acceptors (Lipinski definition) is 1. The summed E-state index contributed by atoms with van der Waals surface area (Å²) >= 11 is 0. The van der Waals surface area contributed by atoms with Gasteiger partial charge in [-0.15, -0.1) is 0 Å². The van der Waals surface area contributed by atoms with Crippen molar-refractivity contribution in [3.05, 3.63) is 83.4 Å². The lowest BCUT2D eigenvalue weighted by Crippen LogP contribution is -2.26. The second-order valence-corrected chi connectivity index (χ2v) is 6.58. The van der Waals surface area contributed by atoms with Crippen LogP contribution in [0.1, 0.15) is 41.3 Å². The summed E-state index contributed by atoms with van der Waals surface area (Å²) in [6.07, 6.45) is 0.